The lowest BCUT2D eigenvalue weighted by atomic mass is 10.1. The number of rotatable bonds is 1. The predicted molar refractivity (Wildman–Crippen MR) is 59.9 cm³/mol. The van der Waals surface area contributed by atoms with E-state index in [1.807, 2.05) is 0 Å². The number of fused-ring (bicyclic) bond motifs is 1. The summed E-state index contributed by atoms with van der Waals surface area (Å²) in [6.07, 6.45) is -1.39. The Labute approximate surface area is 104 Å². The zero-order chi connectivity index (χ0) is 11.2. The quantitative estimate of drug-likeness (QED) is 0.845. The van der Waals surface area contributed by atoms with E-state index in [2.05, 4.69) is 14.8 Å². The fourth-order valence-corrected chi connectivity index (χ4v) is 2.15. The highest BCUT2D eigenvalue weighted by atomic mass is 35.5. The van der Waals surface area contributed by atoms with Crippen LogP contribution in [0.3, 0.4) is 0 Å². The van der Waals surface area contributed by atoms with Gasteiger partial charge in [0.25, 0.3) is 0 Å². The molecule has 3 rings (SSSR count). The molecule has 1 atom stereocenters. The Balaban J connectivity index is 0.00000108. The number of alkyl halides is 2. The van der Waals surface area contributed by atoms with Crippen molar-refractivity contribution in [2.45, 2.75) is 25.2 Å². The Bertz CT molecular complexity index is 422. The third kappa shape index (κ3) is 2.30. The molecule has 1 aromatic carbocycles. The van der Waals surface area contributed by atoms with Crippen LogP contribution in [0.15, 0.2) is 18.2 Å². The summed E-state index contributed by atoms with van der Waals surface area (Å²) in [6.45, 7) is 0.968. The zero-order valence-corrected chi connectivity index (χ0v) is 9.73. The van der Waals surface area contributed by atoms with Crippen molar-refractivity contribution in [2.24, 2.45) is 0 Å². The molecule has 0 saturated carbocycles. The van der Waals surface area contributed by atoms with Gasteiger partial charge in [0.05, 0.1) is 0 Å². The van der Waals surface area contributed by atoms with Gasteiger partial charge in [-0.3, -0.25) is 0 Å². The van der Waals surface area contributed by atoms with Crippen LogP contribution in [0.5, 0.6) is 11.5 Å². The van der Waals surface area contributed by atoms with Gasteiger partial charge in [0, 0.05) is 6.04 Å². The maximum absolute atomic E-state index is 12.8. The average molecular weight is 264 g/mol. The first-order valence-electron chi connectivity index (χ1n) is 5.27. The SMILES string of the molecule is Cl.FC1(F)Oc2ccc([C@@H]3CCCN3)cc2O1. The molecule has 3 nitrogen and oxygen atoms in total. The molecule has 2 aliphatic rings. The van der Waals surface area contributed by atoms with Crippen LogP contribution >= 0.6 is 12.4 Å². The number of hydrogen-bond acceptors (Lipinski definition) is 3. The van der Waals surface area contributed by atoms with E-state index >= 15 is 0 Å². The smallest absolute Gasteiger partial charge is 0.395 e. The van der Waals surface area contributed by atoms with E-state index in [-0.39, 0.29) is 29.9 Å². The molecule has 0 aliphatic carbocycles. The molecule has 1 aromatic rings. The van der Waals surface area contributed by atoms with Crippen LogP contribution in [0.1, 0.15) is 24.4 Å². The number of halogens is 3. The molecule has 94 valence electrons. The number of ether oxygens (including phenoxy) is 2. The molecule has 0 unspecified atom stereocenters. The number of nitrogens with one attached hydrogen (secondary N) is 1. The lowest BCUT2D eigenvalue weighted by Gasteiger charge is -2.10. The van der Waals surface area contributed by atoms with E-state index in [0.29, 0.717) is 0 Å². The second kappa shape index (κ2) is 4.31. The van der Waals surface area contributed by atoms with Crippen LogP contribution in [0.2, 0.25) is 0 Å². The van der Waals surface area contributed by atoms with Gasteiger partial charge in [0.1, 0.15) is 0 Å². The highest BCUT2D eigenvalue weighted by Crippen LogP contribution is 2.42. The summed E-state index contributed by atoms with van der Waals surface area (Å²) in [5.41, 5.74) is 0.970. The van der Waals surface area contributed by atoms with Crippen LogP contribution in [0, 0.1) is 0 Å². The van der Waals surface area contributed by atoms with Gasteiger partial charge < -0.3 is 14.8 Å². The molecule has 1 saturated heterocycles. The van der Waals surface area contributed by atoms with Crippen molar-refractivity contribution in [2.75, 3.05) is 6.54 Å². The maximum Gasteiger partial charge on any atom is 0.586 e. The Morgan fingerprint density at radius 2 is 2.00 bits per heavy atom. The van der Waals surface area contributed by atoms with E-state index in [1.165, 1.54) is 6.07 Å². The van der Waals surface area contributed by atoms with E-state index in [4.69, 9.17) is 0 Å². The molecule has 0 radical (unpaired) electrons. The van der Waals surface area contributed by atoms with E-state index < -0.39 is 6.29 Å². The molecule has 1 fully saturated rings. The van der Waals surface area contributed by atoms with Gasteiger partial charge in [0.2, 0.25) is 0 Å². The van der Waals surface area contributed by atoms with E-state index in [0.717, 1.165) is 24.9 Å². The summed E-state index contributed by atoms with van der Waals surface area (Å²) in [4.78, 5) is 0. The average Bonchev–Trinajstić information content (AvgIpc) is 2.80. The van der Waals surface area contributed by atoms with E-state index in [1.54, 1.807) is 12.1 Å². The van der Waals surface area contributed by atoms with Gasteiger partial charge in [-0.1, -0.05) is 6.07 Å². The molecule has 0 amide bonds. The summed E-state index contributed by atoms with van der Waals surface area (Å²) in [5.74, 6) is 0.225. The Kier molecular flexibility index (Phi) is 3.14. The van der Waals surface area contributed by atoms with E-state index in [9.17, 15) is 8.78 Å². The fourth-order valence-electron chi connectivity index (χ4n) is 2.15. The van der Waals surface area contributed by atoms with Gasteiger partial charge in [-0.25, -0.2) is 0 Å². The molecule has 6 heteroatoms. The predicted octanol–water partition coefficient (Wildman–Crippen LogP) is 2.85. The standard InChI is InChI=1S/C11H11F2NO2.ClH/c12-11(13)15-9-4-3-7(6-10(9)16-11)8-2-1-5-14-8;/h3-4,6,8,14H,1-2,5H2;1H/t8-;/m0./s1. The third-order valence-electron chi connectivity index (χ3n) is 2.89. The molecule has 2 aliphatic heterocycles. The molecule has 2 heterocycles. The lowest BCUT2D eigenvalue weighted by Crippen LogP contribution is -2.25. The van der Waals surface area contributed by atoms with Gasteiger partial charge in [-0.2, -0.15) is 0 Å². The van der Waals surface area contributed by atoms with Crippen molar-refractivity contribution >= 4 is 12.4 Å². The monoisotopic (exact) mass is 263 g/mol. The maximum atomic E-state index is 12.8. The summed E-state index contributed by atoms with van der Waals surface area (Å²) in [7, 11) is 0. The minimum Gasteiger partial charge on any atom is -0.395 e. The van der Waals surface area contributed by atoms with Gasteiger partial charge in [0.15, 0.2) is 11.5 Å². The van der Waals surface area contributed by atoms with Gasteiger partial charge in [-0.15, -0.1) is 21.2 Å². The van der Waals surface area contributed by atoms with Crippen LogP contribution in [-0.4, -0.2) is 12.8 Å². The first kappa shape index (κ1) is 12.4. The van der Waals surface area contributed by atoms with Crippen LogP contribution in [0.4, 0.5) is 8.78 Å². The zero-order valence-electron chi connectivity index (χ0n) is 8.91. The van der Waals surface area contributed by atoms with Crippen LogP contribution in [0.25, 0.3) is 0 Å². The normalized spacial score (nSPS) is 24.5. The van der Waals surface area contributed by atoms with Crippen molar-refractivity contribution in [3.8, 4) is 11.5 Å². The van der Waals surface area contributed by atoms with Gasteiger partial charge >= 0.3 is 6.29 Å². The van der Waals surface area contributed by atoms with Gasteiger partial charge in [-0.05, 0) is 37.1 Å². The summed E-state index contributed by atoms with van der Waals surface area (Å²) >= 11 is 0. The van der Waals surface area contributed by atoms with Crippen molar-refractivity contribution in [3.63, 3.8) is 0 Å². The molecule has 0 bridgehead atoms. The summed E-state index contributed by atoms with van der Waals surface area (Å²) < 4.78 is 34.3. The topological polar surface area (TPSA) is 30.5 Å². The Hall–Kier alpha value is -1.07. The Morgan fingerprint density at radius 3 is 2.71 bits per heavy atom. The van der Waals surface area contributed by atoms with Crippen LogP contribution in [-0.2, 0) is 0 Å². The minimum absolute atomic E-state index is 0. The molecular formula is C11H12ClF2NO2. The highest BCUT2D eigenvalue weighted by molar-refractivity contribution is 5.85. The van der Waals surface area contributed by atoms with Crippen LogP contribution < -0.4 is 14.8 Å². The largest absolute Gasteiger partial charge is 0.586 e. The second-order valence-electron chi connectivity index (χ2n) is 4.02. The minimum atomic E-state index is -3.52. The van der Waals surface area contributed by atoms with Crippen molar-refractivity contribution in [3.05, 3.63) is 23.8 Å². The highest BCUT2D eigenvalue weighted by Gasteiger charge is 2.43. The number of hydrogen-bond donors (Lipinski definition) is 1. The second-order valence-corrected chi connectivity index (χ2v) is 4.02. The molecular weight excluding hydrogens is 252 g/mol. The Morgan fingerprint density at radius 1 is 1.24 bits per heavy atom. The lowest BCUT2D eigenvalue weighted by molar-refractivity contribution is -0.286. The fraction of sp³-hybridized carbons (Fsp3) is 0.455. The van der Waals surface area contributed by atoms with Crippen molar-refractivity contribution in [1.29, 1.82) is 0 Å². The van der Waals surface area contributed by atoms with Crippen molar-refractivity contribution < 1.29 is 18.3 Å². The summed E-state index contributed by atoms with van der Waals surface area (Å²) in [6, 6.07) is 5.19. The number of benzene rings is 1. The molecule has 17 heavy (non-hydrogen) atoms. The molecule has 0 spiro atoms. The molecule has 1 N–H and O–H groups in total. The summed E-state index contributed by atoms with van der Waals surface area (Å²) in [5, 5.41) is 3.30. The third-order valence-corrected chi connectivity index (χ3v) is 2.89. The van der Waals surface area contributed by atoms with Crippen molar-refractivity contribution in [1.82, 2.24) is 5.32 Å². The first-order valence-corrected chi connectivity index (χ1v) is 5.27. The first-order chi connectivity index (χ1) is 7.64. The molecule has 0 aromatic heterocycles.